The zero-order valence-corrected chi connectivity index (χ0v) is 18.6. The third-order valence-electron chi connectivity index (χ3n) is 5.36. The van der Waals surface area contributed by atoms with Crippen molar-refractivity contribution < 1.29 is 23.4 Å². The Morgan fingerprint density at radius 1 is 0.879 bits per heavy atom. The molecular formula is C25H24N2O6. The number of hydrogen-bond donors (Lipinski definition) is 1. The Labute approximate surface area is 190 Å². The molecule has 1 N–H and O–H groups in total. The molecule has 4 aromatic rings. The number of H-pyrrole nitrogens is 1. The van der Waals surface area contributed by atoms with Crippen LogP contribution < -0.4 is 19.8 Å². The van der Waals surface area contributed by atoms with Gasteiger partial charge < -0.3 is 28.5 Å². The van der Waals surface area contributed by atoms with Gasteiger partial charge in [0.05, 0.1) is 46.2 Å². The second kappa shape index (κ2) is 9.52. The van der Waals surface area contributed by atoms with Gasteiger partial charge in [-0.25, -0.2) is 0 Å². The molecular weight excluding hydrogens is 424 g/mol. The molecule has 0 aliphatic carbocycles. The van der Waals surface area contributed by atoms with Gasteiger partial charge in [0.2, 0.25) is 0 Å². The number of pyridine rings is 1. The van der Waals surface area contributed by atoms with E-state index in [-0.39, 0.29) is 30.3 Å². The van der Waals surface area contributed by atoms with E-state index in [1.165, 1.54) is 13.4 Å². The first-order valence-electron chi connectivity index (χ1n) is 10.3. The Kier molecular flexibility index (Phi) is 6.35. The van der Waals surface area contributed by atoms with Gasteiger partial charge in [0.15, 0.2) is 17.3 Å². The Bertz CT molecular complexity index is 1330. The first-order chi connectivity index (χ1) is 16.0. The van der Waals surface area contributed by atoms with Crippen LogP contribution >= 0.6 is 0 Å². The summed E-state index contributed by atoms with van der Waals surface area (Å²) in [5, 5.41) is 0.755. The minimum Gasteiger partial charge on any atom is -0.496 e. The fourth-order valence-electron chi connectivity index (χ4n) is 3.70. The van der Waals surface area contributed by atoms with Crippen LogP contribution in [0.3, 0.4) is 0 Å². The maximum atomic E-state index is 13.2. The van der Waals surface area contributed by atoms with Gasteiger partial charge in [-0.1, -0.05) is 18.2 Å². The summed E-state index contributed by atoms with van der Waals surface area (Å²) in [4.78, 5) is 30.5. The van der Waals surface area contributed by atoms with Gasteiger partial charge in [0.1, 0.15) is 5.75 Å². The van der Waals surface area contributed by atoms with Crippen LogP contribution in [0.4, 0.5) is 0 Å². The van der Waals surface area contributed by atoms with Crippen LogP contribution in [0.1, 0.15) is 21.7 Å². The third kappa shape index (κ3) is 4.55. The van der Waals surface area contributed by atoms with Gasteiger partial charge in [-0.3, -0.25) is 9.59 Å². The van der Waals surface area contributed by atoms with Crippen LogP contribution in [0.25, 0.3) is 10.9 Å². The maximum absolute atomic E-state index is 13.2. The number of carbonyl (C=O) groups excluding carboxylic acids is 1. The molecule has 8 heteroatoms. The number of aromatic amines is 1. The lowest BCUT2D eigenvalue weighted by molar-refractivity contribution is 0.0696. The number of para-hydroxylation sites is 1. The van der Waals surface area contributed by atoms with Crippen LogP contribution in [-0.2, 0) is 13.1 Å². The first-order valence-corrected chi connectivity index (χ1v) is 10.3. The highest BCUT2D eigenvalue weighted by Gasteiger charge is 2.22. The Morgan fingerprint density at radius 3 is 2.27 bits per heavy atom. The molecule has 0 radical (unpaired) electrons. The van der Waals surface area contributed by atoms with Crippen LogP contribution in [0.15, 0.2) is 70.1 Å². The van der Waals surface area contributed by atoms with E-state index in [2.05, 4.69) is 4.98 Å². The summed E-state index contributed by atoms with van der Waals surface area (Å²) in [5.74, 6) is 1.56. The highest BCUT2D eigenvalue weighted by Crippen LogP contribution is 2.31. The second-order valence-electron chi connectivity index (χ2n) is 7.37. The lowest BCUT2D eigenvalue weighted by Gasteiger charge is -2.23. The fourth-order valence-corrected chi connectivity index (χ4v) is 3.70. The van der Waals surface area contributed by atoms with E-state index in [1.54, 1.807) is 49.5 Å². The topological polar surface area (TPSA) is 94.0 Å². The van der Waals surface area contributed by atoms with E-state index >= 15 is 0 Å². The molecule has 4 rings (SSSR count). The Balaban J connectivity index is 1.74. The van der Waals surface area contributed by atoms with Crippen molar-refractivity contribution in [3.63, 3.8) is 0 Å². The highest BCUT2D eigenvalue weighted by atomic mass is 16.5. The predicted molar refractivity (Wildman–Crippen MR) is 123 cm³/mol. The zero-order chi connectivity index (χ0) is 23.4. The average Bonchev–Trinajstić information content (AvgIpc) is 3.38. The van der Waals surface area contributed by atoms with E-state index < -0.39 is 0 Å². The van der Waals surface area contributed by atoms with E-state index in [4.69, 9.17) is 18.6 Å². The standard InChI is InChI=1S/C25H24N2O6/c1-30-20-8-5-4-7-16(20)14-27(25(29)21-9-6-10-33-21)15-18-11-17-12-22(31-2)23(32-3)13-19(17)26-24(18)28/h4-13H,14-15H2,1-3H3,(H,26,28). The van der Waals surface area contributed by atoms with Crippen molar-refractivity contribution >= 4 is 16.8 Å². The number of rotatable bonds is 8. The molecule has 0 spiro atoms. The monoisotopic (exact) mass is 448 g/mol. The molecule has 2 heterocycles. The summed E-state index contributed by atoms with van der Waals surface area (Å²) in [6, 6.07) is 15.9. The minimum atomic E-state index is -0.335. The van der Waals surface area contributed by atoms with Gasteiger partial charge in [-0.05, 0) is 30.3 Å². The number of amides is 1. The van der Waals surface area contributed by atoms with Crippen molar-refractivity contribution in [2.75, 3.05) is 21.3 Å². The van der Waals surface area contributed by atoms with Crippen LogP contribution in [0, 0.1) is 0 Å². The molecule has 8 nitrogen and oxygen atoms in total. The lowest BCUT2D eigenvalue weighted by atomic mass is 10.1. The molecule has 0 atom stereocenters. The summed E-state index contributed by atoms with van der Waals surface area (Å²) < 4.78 is 21.5. The number of nitrogens with one attached hydrogen (secondary N) is 1. The maximum Gasteiger partial charge on any atom is 0.290 e. The molecule has 0 aliphatic heterocycles. The van der Waals surface area contributed by atoms with Crippen molar-refractivity contribution in [1.82, 2.24) is 9.88 Å². The second-order valence-corrected chi connectivity index (χ2v) is 7.37. The molecule has 2 aromatic heterocycles. The summed E-state index contributed by atoms with van der Waals surface area (Å²) in [6.45, 7) is 0.296. The van der Waals surface area contributed by atoms with Gasteiger partial charge >= 0.3 is 0 Å². The van der Waals surface area contributed by atoms with Crippen molar-refractivity contribution in [2.24, 2.45) is 0 Å². The Morgan fingerprint density at radius 2 is 1.58 bits per heavy atom. The van der Waals surface area contributed by atoms with Crippen molar-refractivity contribution in [2.45, 2.75) is 13.1 Å². The Hall–Kier alpha value is -4.20. The lowest BCUT2D eigenvalue weighted by Crippen LogP contribution is -2.32. The third-order valence-corrected chi connectivity index (χ3v) is 5.36. The van der Waals surface area contributed by atoms with E-state index in [0.29, 0.717) is 28.3 Å². The van der Waals surface area contributed by atoms with Gasteiger partial charge in [0, 0.05) is 22.6 Å². The number of hydrogen-bond acceptors (Lipinski definition) is 6. The number of furan rings is 1. The number of aromatic nitrogens is 1. The number of ether oxygens (including phenoxy) is 3. The average molecular weight is 448 g/mol. The summed E-state index contributed by atoms with van der Waals surface area (Å²) in [5.41, 5.74) is 1.54. The van der Waals surface area contributed by atoms with Gasteiger partial charge in [-0.2, -0.15) is 0 Å². The summed E-state index contributed by atoms with van der Waals surface area (Å²) in [6.07, 6.45) is 1.44. The van der Waals surface area contributed by atoms with Crippen molar-refractivity contribution in [1.29, 1.82) is 0 Å². The minimum absolute atomic E-state index is 0.0667. The van der Waals surface area contributed by atoms with Gasteiger partial charge in [0.25, 0.3) is 11.5 Å². The molecule has 33 heavy (non-hydrogen) atoms. The normalized spacial score (nSPS) is 10.8. The molecule has 0 fully saturated rings. The fraction of sp³-hybridized carbons (Fsp3) is 0.200. The smallest absolute Gasteiger partial charge is 0.290 e. The SMILES string of the molecule is COc1ccccc1CN(Cc1cc2cc(OC)c(OC)cc2[nH]c1=O)C(=O)c1ccco1. The van der Waals surface area contributed by atoms with Crippen molar-refractivity contribution in [3.8, 4) is 17.2 Å². The van der Waals surface area contributed by atoms with Crippen molar-refractivity contribution in [3.05, 3.63) is 88.1 Å². The first kappa shape index (κ1) is 22.0. The van der Waals surface area contributed by atoms with Crippen LogP contribution in [-0.4, -0.2) is 37.1 Å². The molecule has 0 aliphatic rings. The molecule has 0 saturated heterocycles. The molecule has 0 unspecified atom stereocenters. The number of nitrogens with zero attached hydrogens (tertiary/aromatic N) is 1. The quantitative estimate of drug-likeness (QED) is 0.438. The molecule has 0 saturated carbocycles. The summed E-state index contributed by atoms with van der Waals surface area (Å²) in [7, 11) is 4.66. The highest BCUT2D eigenvalue weighted by molar-refractivity contribution is 5.91. The molecule has 1 amide bonds. The number of fused-ring (bicyclic) bond motifs is 1. The molecule has 0 bridgehead atoms. The zero-order valence-electron chi connectivity index (χ0n) is 18.6. The number of benzene rings is 2. The number of methoxy groups -OCH3 is 3. The van der Waals surface area contributed by atoms with E-state index in [9.17, 15) is 9.59 Å². The molecule has 170 valence electrons. The number of carbonyl (C=O) groups is 1. The summed E-state index contributed by atoms with van der Waals surface area (Å²) >= 11 is 0. The van der Waals surface area contributed by atoms with Crippen LogP contribution in [0.5, 0.6) is 17.2 Å². The van der Waals surface area contributed by atoms with Crippen LogP contribution in [0.2, 0.25) is 0 Å². The van der Waals surface area contributed by atoms with E-state index in [0.717, 1.165) is 10.9 Å². The predicted octanol–water partition coefficient (Wildman–Crippen LogP) is 3.99. The van der Waals surface area contributed by atoms with E-state index in [1.807, 2.05) is 24.3 Å². The van der Waals surface area contributed by atoms with Gasteiger partial charge in [-0.15, -0.1) is 0 Å². The molecule has 2 aromatic carbocycles. The largest absolute Gasteiger partial charge is 0.496 e.